The smallest absolute Gasteiger partial charge is 0.201 e. The molecule has 1 heterocycles. The van der Waals surface area contributed by atoms with Gasteiger partial charge in [0.15, 0.2) is 11.6 Å². The molecular weight excluding hydrogens is 260 g/mol. The zero-order valence-corrected chi connectivity index (χ0v) is 10.9. The van der Waals surface area contributed by atoms with Crippen LogP contribution >= 0.6 is 0 Å². The number of anilines is 1. The maximum atomic E-state index is 13.3. The third-order valence-electron chi connectivity index (χ3n) is 3.33. The number of halogens is 2. The molecular formula is C15H13F2N3. The number of nitrogens with zero attached hydrogens (tertiary/aromatic N) is 2. The first-order valence-corrected chi connectivity index (χ1v) is 6.21. The lowest BCUT2D eigenvalue weighted by Crippen LogP contribution is -2.05. The lowest BCUT2D eigenvalue weighted by atomic mass is 10.2. The molecule has 1 aromatic heterocycles. The number of aryl methyl sites for hydroxylation is 1. The van der Waals surface area contributed by atoms with Crippen LogP contribution in [0.2, 0.25) is 0 Å². The van der Waals surface area contributed by atoms with E-state index in [2.05, 4.69) is 4.98 Å². The Labute approximate surface area is 114 Å². The van der Waals surface area contributed by atoms with Crippen molar-refractivity contribution in [3.63, 3.8) is 0 Å². The molecule has 2 aromatic carbocycles. The van der Waals surface area contributed by atoms with Crippen molar-refractivity contribution < 1.29 is 8.78 Å². The fourth-order valence-corrected chi connectivity index (χ4v) is 2.29. The Morgan fingerprint density at radius 3 is 2.70 bits per heavy atom. The first-order chi connectivity index (χ1) is 9.56. The fraction of sp³-hybridized carbons (Fsp3) is 0.133. The van der Waals surface area contributed by atoms with Gasteiger partial charge in [-0.15, -0.1) is 0 Å². The number of hydrogen-bond acceptors (Lipinski definition) is 2. The second-order valence-electron chi connectivity index (χ2n) is 4.75. The van der Waals surface area contributed by atoms with Crippen molar-refractivity contribution >= 4 is 17.0 Å². The van der Waals surface area contributed by atoms with Crippen molar-refractivity contribution in [2.24, 2.45) is 0 Å². The second-order valence-corrected chi connectivity index (χ2v) is 4.75. The van der Waals surface area contributed by atoms with E-state index in [4.69, 9.17) is 5.73 Å². The summed E-state index contributed by atoms with van der Waals surface area (Å²) in [7, 11) is 0. The summed E-state index contributed by atoms with van der Waals surface area (Å²) < 4.78 is 28.0. The lowest BCUT2D eigenvalue weighted by molar-refractivity contribution is 0.506. The average molecular weight is 273 g/mol. The SMILES string of the molecule is Cc1cccc2c1nc(N)n2Cc1ccc(F)c(F)c1. The van der Waals surface area contributed by atoms with E-state index >= 15 is 0 Å². The highest BCUT2D eigenvalue weighted by Gasteiger charge is 2.11. The van der Waals surface area contributed by atoms with Crippen molar-refractivity contribution in [1.29, 1.82) is 0 Å². The Bertz CT molecular complexity index is 793. The maximum Gasteiger partial charge on any atom is 0.201 e. The molecule has 3 aromatic rings. The van der Waals surface area contributed by atoms with Crippen LogP contribution in [0.4, 0.5) is 14.7 Å². The summed E-state index contributed by atoms with van der Waals surface area (Å²) in [5.74, 6) is -1.35. The Morgan fingerprint density at radius 1 is 1.15 bits per heavy atom. The van der Waals surface area contributed by atoms with Gasteiger partial charge >= 0.3 is 0 Å². The minimum atomic E-state index is -0.860. The minimum absolute atomic E-state index is 0.350. The largest absolute Gasteiger partial charge is 0.369 e. The van der Waals surface area contributed by atoms with Gasteiger partial charge < -0.3 is 10.3 Å². The molecule has 3 rings (SSSR count). The second kappa shape index (κ2) is 4.59. The monoisotopic (exact) mass is 273 g/mol. The summed E-state index contributed by atoms with van der Waals surface area (Å²) in [6.07, 6.45) is 0. The Balaban J connectivity index is 2.08. The number of hydrogen-bond donors (Lipinski definition) is 1. The van der Waals surface area contributed by atoms with E-state index in [1.807, 2.05) is 25.1 Å². The number of imidazole rings is 1. The molecule has 0 radical (unpaired) electrons. The van der Waals surface area contributed by atoms with Crippen LogP contribution in [-0.2, 0) is 6.54 Å². The fourth-order valence-electron chi connectivity index (χ4n) is 2.29. The van der Waals surface area contributed by atoms with Gasteiger partial charge in [-0.3, -0.25) is 0 Å². The van der Waals surface area contributed by atoms with Gasteiger partial charge in [-0.05, 0) is 36.2 Å². The third-order valence-corrected chi connectivity index (χ3v) is 3.33. The highest BCUT2D eigenvalue weighted by molar-refractivity contribution is 5.81. The average Bonchev–Trinajstić information content (AvgIpc) is 2.73. The van der Waals surface area contributed by atoms with Crippen LogP contribution in [0.3, 0.4) is 0 Å². The molecule has 102 valence electrons. The van der Waals surface area contributed by atoms with Crippen molar-refractivity contribution in [2.45, 2.75) is 13.5 Å². The predicted octanol–water partition coefficient (Wildman–Crippen LogP) is 3.25. The van der Waals surface area contributed by atoms with E-state index in [-0.39, 0.29) is 0 Å². The number of fused-ring (bicyclic) bond motifs is 1. The molecule has 0 aliphatic rings. The van der Waals surface area contributed by atoms with Crippen LogP contribution in [0.1, 0.15) is 11.1 Å². The number of para-hydroxylation sites is 1. The number of aromatic nitrogens is 2. The first-order valence-electron chi connectivity index (χ1n) is 6.21. The summed E-state index contributed by atoms with van der Waals surface area (Å²) in [5.41, 5.74) is 9.29. The van der Waals surface area contributed by atoms with Gasteiger partial charge in [-0.25, -0.2) is 13.8 Å². The van der Waals surface area contributed by atoms with E-state index in [0.29, 0.717) is 18.1 Å². The molecule has 0 amide bonds. The minimum Gasteiger partial charge on any atom is -0.369 e. The molecule has 0 aliphatic carbocycles. The Kier molecular flexibility index (Phi) is 2.89. The standard InChI is InChI=1S/C15H13F2N3/c1-9-3-2-4-13-14(9)19-15(18)20(13)8-10-5-6-11(16)12(17)7-10/h2-7H,8H2,1H3,(H2,18,19). The quantitative estimate of drug-likeness (QED) is 0.779. The number of benzene rings is 2. The predicted molar refractivity (Wildman–Crippen MR) is 74.3 cm³/mol. The Morgan fingerprint density at radius 2 is 1.95 bits per heavy atom. The van der Waals surface area contributed by atoms with E-state index in [9.17, 15) is 8.78 Å². The van der Waals surface area contributed by atoms with Crippen LogP contribution in [0.5, 0.6) is 0 Å². The zero-order chi connectivity index (χ0) is 14.3. The van der Waals surface area contributed by atoms with Crippen LogP contribution in [0.25, 0.3) is 11.0 Å². The summed E-state index contributed by atoms with van der Waals surface area (Å²) in [5, 5.41) is 0. The summed E-state index contributed by atoms with van der Waals surface area (Å²) in [6, 6.07) is 9.61. The zero-order valence-electron chi connectivity index (χ0n) is 10.9. The summed E-state index contributed by atoms with van der Waals surface area (Å²) in [4.78, 5) is 4.32. The van der Waals surface area contributed by atoms with Gasteiger partial charge in [0.1, 0.15) is 0 Å². The van der Waals surface area contributed by atoms with Crippen molar-refractivity contribution in [2.75, 3.05) is 5.73 Å². The molecule has 0 aliphatic heterocycles. The molecule has 0 spiro atoms. The molecule has 0 atom stereocenters. The van der Waals surface area contributed by atoms with E-state index in [1.54, 1.807) is 10.6 Å². The van der Waals surface area contributed by atoms with Crippen LogP contribution in [0, 0.1) is 18.6 Å². The molecule has 0 fully saturated rings. The van der Waals surface area contributed by atoms with E-state index in [0.717, 1.165) is 22.7 Å². The van der Waals surface area contributed by atoms with Crippen LogP contribution in [0.15, 0.2) is 36.4 Å². The topological polar surface area (TPSA) is 43.8 Å². The maximum absolute atomic E-state index is 13.3. The van der Waals surface area contributed by atoms with Crippen LogP contribution in [-0.4, -0.2) is 9.55 Å². The molecule has 0 saturated carbocycles. The highest BCUT2D eigenvalue weighted by Crippen LogP contribution is 2.22. The highest BCUT2D eigenvalue weighted by atomic mass is 19.2. The number of nitrogens with two attached hydrogens (primary N) is 1. The molecule has 3 nitrogen and oxygen atoms in total. The molecule has 0 bridgehead atoms. The third kappa shape index (κ3) is 2.01. The van der Waals surface area contributed by atoms with Crippen LogP contribution < -0.4 is 5.73 Å². The summed E-state index contributed by atoms with van der Waals surface area (Å²) in [6.45, 7) is 2.31. The van der Waals surface area contributed by atoms with Gasteiger partial charge in [-0.2, -0.15) is 0 Å². The molecule has 5 heteroatoms. The molecule has 20 heavy (non-hydrogen) atoms. The van der Waals surface area contributed by atoms with E-state index < -0.39 is 11.6 Å². The van der Waals surface area contributed by atoms with Gasteiger partial charge in [0.05, 0.1) is 17.6 Å². The van der Waals surface area contributed by atoms with Gasteiger partial charge in [0, 0.05) is 0 Å². The van der Waals surface area contributed by atoms with Gasteiger partial charge in [0.25, 0.3) is 0 Å². The van der Waals surface area contributed by atoms with Gasteiger partial charge in [-0.1, -0.05) is 18.2 Å². The van der Waals surface area contributed by atoms with E-state index in [1.165, 1.54) is 6.07 Å². The van der Waals surface area contributed by atoms with Crippen molar-refractivity contribution in [3.8, 4) is 0 Å². The first kappa shape index (κ1) is 12.6. The Hall–Kier alpha value is -2.43. The molecule has 0 unspecified atom stereocenters. The lowest BCUT2D eigenvalue weighted by Gasteiger charge is -2.07. The van der Waals surface area contributed by atoms with Crippen molar-refractivity contribution in [3.05, 3.63) is 59.2 Å². The summed E-state index contributed by atoms with van der Waals surface area (Å²) >= 11 is 0. The number of nitrogen functional groups attached to an aromatic ring is 1. The number of rotatable bonds is 2. The molecule has 2 N–H and O–H groups in total. The normalized spacial score (nSPS) is 11.2. The van der Waals surface area contributed by atoms with Crippen molar-refractivity contribution in [1.82, 2.24) is 9.55 Å². The van der Waals surface area contributed by atoms with Gasteiger partial charge in [0.2, 0.25) is 5.95 Å². The molecule has 0 saturated heterocycles.